The quantitative estimate of drug-likeness (QED) is 0.747. The summed E-state index contributed by atoms with van der Waals surface area (Å²) in [6.07, 6.45) is 0. The Morgan fingerprint density at radius 1 is 1.50 bits per heavy atom. The van der Waals surface area contributed by atoms with Crippen molar-refractivity contribution in [3.63, 3.8) is 0 Å². The summed E-state index contributed by atoms with van der Waals surface area (Å²) in [4.78, 5) is 15.7. The Labute approximate surface area is 103 Å². The number of aromatic nitrogens is 3. The van der Waals surface area contributed by atoms with Crippen LogP contribution < -0.4 is 4.74 Å². The van der Waals surface area contributed by atoms with E-state index < -0.39 is 5.97 Å². The van der Waals surface area contributed by atoms with Crippen LogP contribution in [0.4, 0.5) is 0 Å². The lowest BCUT2D eigenvalue weighted by molar-refractivity contribution is 0.0512. The van der Waals surface area contributed by atoms with Crippen molar-refractivity contribution in [1.29, 1.82) is 0 Å². The third-order valence-electron chi connectivity index (χ3n) is 2.58. The molecule has 92 valence electrons. The van der Waals surface area contributed by atoms with Gasteiger partial charge in [0.05, 0.1) is 6.61 Å². The third-order valence-corrected chi connectivity index (χ3v) is 2.58. The molecule has 1 aromatic carbocycles. The molecule has 0 N–H and O–H groups in total. The van der Waals surface area contributed by atoms with E-state index >= 15 is 0 Å². The second-order valence-corrected chi connectivity index (χ2v) is 3.74. The minimum atomic E-state index is -0.517. The minimum absolute atomic E-state index is 0.0622. The molecule has 1 aliphatic heterocycles. The van der Waals surface area contributed by atoms with Crippen LogP contribution in [0, 0.1) is 0 Å². The van der Waals surface area contributed by atoms with Crippen molar-refractivity contribution in [1.82, 2.24) is 14.8 Å². The van der Waals surface area contributed by atoms with Crippen LogP contribution in [-0.4, -0.2) is 27.3 Å². The minimum Gasteiger partial charge on any atom is -0.483 e. The van der Waals surface area contributed by atoms with Crippen LogP contribution >= 0.6 is 0 Å². The normalized spacial score (nSPS) is 12.3. The molecule has 6 heteroatoms. The predicted octanol–water partition coefficient (Wildman–Crippen LogP) is 1.34. The van der Waals surface area contributed by atoms with E-state index in [1.165, 1.54) is 0 Å². The fraction of sp³-hybridized carbons (Fsp3) is 0.250. The monoisotopic (exact) mass is 245 g/mol. The van der Waals surface area contributed by atoms with E-state index in [2.05, 4.69) is 10.1 Å². The molecule has 0 saturated heterocycles. The van der Waals surface area contributed by atoms with Gasteiger partial charge in [-0.3, -0.25) is 0 Å². The van der Waals surface area contributed by atoms with E-state index in [0.717, 1.165) is 11.4 Å². The molecule has 0 saturated carbocycles. The van der Waals surface area contributed by atoms with Crippen molar-refractivity contribution in [2.45, 2.75) is 13.5 Å². The van der Waals surface area contributed by atoms with Gasteiger partial charge in [0.2, 0.25) is 0 Å². The number of carbonyl (C=O) groups is 1. The molecule has 1 aromatic heterocycles. The van der Waals surface area contributed by atoms with Crippen molar-refractivity contribution in [2.24, 2.45) is 0 Å². The summed E-state index contributed by atoms with van der Waals surface area (Å²) in [6, 6.07) is 7.47. The molecule has 6 nitrogen and oxygen atoms in total. The first kappa shape index (κ1) is 10.8. The molecule has 0 amide bonds. The number of nitrogens with zero attached hydrogens (tertiary/aromatic N) is 3. The second kappa shape index (κ2) is 4.14. The SMILES string of the molecule is CCOC(=O)c1nc2n(n1)-c1ccccc1OC2. The molecular weight excluding hydrogens is 234 g/mol. The van der Waals surface area contributed by atoms with E-state index in [1.54, 1.807) is 11.6 Å². The first-order valence-corrected chi connectivity index (χ1v) is 5.65. The number of esters is 1. The second-order valence-electron chi connectivity index (χ2n) is 3.74. The van der Waals surface area contributed by atoms with Crippen molar-refractivity contribution in [3.8, 4) is 11.4 Å². The molecule has 0 unspecified atom stereocenters. The number of benzene rings is 1. The summed E-state index contributed by atoms with van der Waals surface area (Å²) in [5.74, 6) is 0.867. The van der Waals surface area contributed by atoms with Gasteiger partial charge in [0.15, 0.2) is 5.82 Å². The molecule has 0 atom stereocenters. The Morgan fingerprint density at radius 2 is 2.33 bits per heavy atom. The average molecular weight is 245 g/mol. The van der Waals surface area contributed by atoms with Crippen LogP contribution in [0.3, 0.4) is 0 Å². The van der Waals surface area contributed by atoms with Gasteiger partial charge in [-0.05, 0) is 19.1 Å². The molecule has 2 heterocycles. The smallest absolute Gasteiger partial charge is 0.378 e. The Balaban J connectivity index is 2.04. The number of fused-ring (bicyclic) bond motifs is 3. The zero-order valence-electron chi connectivity index (χ0n) is 9.79. The molecule has 2 aromatic rings. The van der Waals surface area contributed by atoms with E-state index in [0.29, 0.717) is 19.0 Å². The summed E-state index contributed by atoms with van der Waals surface area (Å²) >= 11 is 0. The van der Waals surface area contributed by atoms with Gasteiger partial charge < -0.3 is 9.47 Å². The van der Waals surface area contributed by atoms with Crippen LogP contribution in [0.25, 0.3) is 5.69 Å². The Hall–Kier alpha value is -2.37. The highest BCUT2D eigenvalue weighted by molar-refractivity contribution is 5.85. The van der Waals surface area contributed by atoms with Crippen LogP contribution in [0.2, 0.25) is 0 Å². The Kier molecular flexibility index (Phi) is 2.47. The van der Waals surface area contributed by atoms with Gasteiger partial charge in [-0.1, -0.05) is 12.1 Å². The number of rotatable bonds is 2. The van der Waals surface area contributed by atoms with Crippen molar-refractivity contribution in [2.75, 3.05) is 6.61 Å². The molecule has 0 aliphatic carbocycles. The molecule has 3 rings (SSSR count). The topological polar surface area (TPSA) is 66.2 Å². The third kappa shape index (κ3) is 1.62. The maximum atomic E-state index is 11.6. The fourth-order valence-electron chi connectivity index (χ4n) is 1.81. The molecule has 0 radical (unpaired) electrons. The highest BCUT2D eigenvalue weighted by atomic mass is 16.5. The predicted molar refractivity (Wildman–Crippen MR) is 61.6 cm³/mol. The zero-order valence-corrected chi connectivity index (χ0v) is 9.79. The lowest BCUT2D eigenvalue weighted by Gasteiger charge is -2.16. The van der Waals surface area contributed by atoms with Crippen LogP contribution in [-0.2, 0) is 11.3 Å². The molecule has 0 spiro atoms. The molecular formula is C12H11N3O3. The van der Waals surface area contributed by atoms with Crippen molar-refractivity contribution in [3.05, 3.63) is 35.9 Å². The van der Waals surface area contributed by atoms with E-state index in [9.17, 15) is 4.79 Å². The summed E-state index contributed by atoms with van der Waals surface area (Å²) in [6.45, 7) is 2.34. The van der Waals surface area contributed by atoms with E-state index in [1.807, 2.05) is 24.3 Å². The van der Waals surface area contributed by atoms with Gasteiger partial charge in [0, 0.05) is 0 Å². The summed E-state index contributed by atoms with van der Waals surface area (Å²) in [5.41, 5.74) is 0.779. The number of para-hydroxylation sites is 2. The zero-order chi connectivity index (χ0) is 12.5. The van der Waals surface area contributed by atoms with Gasteiger partial charge in [0.25, 0.3) is 5.82 Å². The number of hydrogen-bond acceptors (Lipinski definition) is 5. The summed E-state index contributed by atoms with van der Waals surface area (Å²) in [7, 11) is 0. The van der Waals surface area contributed by atoms with Gasteiger partial charge in [-0.2, -0.15) is 0 Å². The first-order valence-electron chi connectivity index (χ1n) is 5.65. The van der Waals surface area contributed by atoms with Crippen molar-refractivity contribution < 1.29 is 14.3 Å². The largest absolute Gasteiger partial charge is 0.483 e. The molecule has 0 fully saturated rings. The van der Waals surface area contributed by atoms with E-state index in [-0.39, 0.29) is 5.82 Å². The summed E-state index contributed by atoms with van der Waals surface area (Å²) in [5, 5.41) is 4.16. The first-order chi connectivity index (χ1) is 8.79. The molecule has 0 bridgehead atoms. The van der Waals surface area contributed by atoms with Crippen LogP contribution in [0.5, 0.6) is 5.75 Å². The van der Waals surface area contributed by atoms with Crippen LogP contribution in [0.1, 0.15) is 23.4 Å². The van der Waals surface area contributed by atoms with E-state index in [4.69, 9.17) is 9.47 Å². The highest BCUT2D eigenvalue weighted by Crippen LogP contribution is 2.27. The Bertz CT molecular complexity index is 606. The maximum absolute atomic E-state index is 11.6. The average Bonchev–Trinajstić information content (AvgIpc) is 2.83. The fourth-order valence-corrected chi connectivity index (χ4v) is 1.81. The standard InChI is InChI=1S/C12H11N3O3/c1-2-17-12(16)11-13-10-7-18-9-6-4-3-5-8(9)15(10)14-11/h3-6H,2,7H2,1H3. The van der Waals surface area contributed by atoms with Gasteiger partial charge >= 0.3 is 5.97 Å². The highest BCUT2D eigenvalue weighted by Gasteiger charge is 2.23. The summed E-state index contributed by atoms with van der Waals surface area (Å²) < 4.78 is 12.0. The van der Waals surface area contributed by atoms with Gasteiger partial charge in [-0.15, -0.1) is 5.10 Å². The molecule has 1 aliphatic rings. The van der Waals surface area contributed by atoms with Gasteiger partial charge in [-0.25, -0.2) is 14.5 Å². The number of ether oxygens (including phenoxy) is 2. The Morgan fingerprint density at radius 3 is 3.17 bits per heavy atom. The van der Waals surface area contributed by atoms with Gasteiger partial charge in [0.1, 0.15) is 18.0 Å². The van der Waals surface area contributed by atoms with Crippen molar-refractivity contribution >= 4 is 5.97 Å². The molecule has 18 heavy (non-hydrogen) atoms. The lowest BCUT2D eigenvalue weighted by Crippen LogP contribution is -2.13. The maximum Gasteiger partial charge on any atom is 0.378 e. The number of hydrogen-bond donors (Lipinski definition) is 0. The van der Waals surface area contributed by atoms with Crippen LogP contribution in [0.15, 0.2) is 24.3 Å². The lowest BCUT2D eigenvalue weighted by atomic mass is 10.3. The number of carbonyl (C=O) groups excluding carboxylic acids is 1.